The summed E-state index contributed by atoms with van der Waals surface area (Å²) in [6.45, 7) is 0.375. The first kappa shape index (κ1) is 14.5. The minimum atomic E-state index is -0.348. The Morgan fingerprint density at radius 2 is 1.85 bits per heavy atom. The molecule has 0 atom stereocenters. The number of anilines is 2. The van der Waals surface area contributed by atoms with Gasteiger partial charge in [0.15, 0.2) is 0 Å². The average Bonchev–Trinajstić information content (AvgIpc) is 2.40. The van der Waals surface area contributed by atoms with E-state index in [-0.39, 0.29) is 6.03 Å². The van der Waals surface area contributed by atoms with Crippen LogP contribution >= 0.6 is 23.2 Å². The van der Waals surface area contributed by atoms with Crippen LogP contribution in [0.4, 0.5) is 16.2 Å². The summed E-state index contributed by atoms with van der Waals surface area (Å²) in [5.74, 6) is 0. The molecule has 2 rings (SSSR count). The second kappa shape index (κ2) is 6.50. The summed E-state index contributed by atoms with van der Waals surface area (Å²) in [5, 5.41) is 6.53. The Labute approximate surface area is 126 Å². The third-order valence-electron chi connectivity index (χ3n) is 2.60. The zero-order chi connectivity index (χ0) is 14.5. The van der Waals surface area contributed by atoms with Gasteiger partial charge in [0.05, 0.1) is 11.4 Å². The van der Waals surface area contributed by atoms with Gasteiger partial charge in [-0.05, 0) is 35.9 Å². The van der Waals surface area contributed by atoms with Crippen LogP contribution in [-0.2, 0) is 6.54 Å². The van der Waals surface area contributed by atoms with Gasteiger partial charge in [-0.25, -0.2) is 4.79 Å². The summed E-state index contributed by atoms with van der Waals surface area (Å²) in [5.41, 5.74) is 7.59. The Morgan fingerprint density at radius 1 is 1.10 bits per heavy atom. The molecule has 20 heavy (non-hydrogen) atoms. The number of hydrogen-bond acceptors (Lipinski definition) is 2. The molecule has 0 heterocycles. The fraction of sp³-hybridized carbons (Fsp3) is 0.0714. The van der Waals surface area contributed by atoms with Crippen molar-refractivity contribution in [3.8, 4) is 0 Å². The predicted molar refractivity (Wildman–Crippen MR) is 83.2 cm³/mol. The van der Waals surface area contributed by atoms with Gasteiger partial charge in [-0.2, -0.15) is 0 Å². The number of urea groups is 1. The summed E-state index contributed by atoms with van der Waals surface area (Å²) >= 11 is 11.7. The molecular formula is C14H13Cl2N3O. The second-order valence-corrected chi connectivity index (χ2v) is 5.04. The lowest BCUT2D eigenvalue weighted by Crippen LogP contribution is -2.28. The molecule has 4 N–H and O–H groups in total. The first-order chi connectivity index (χ1) is 9.54. The summed E-state index contributed by atoms with van der Waals surface area (Å²) in [6.07, 6.45) is 0. The monoisotopic (exact) mass is 309 g/mol. The van der Waals surface area contributed by atoms with Gasteiger partial charge in [0.2, 0.25) is 0 Å². The molecule has 2 aromatic rings. The molecule has 6 heteroatoms. The van der Waals surface area contributed by atoms with Crippen molar-refractivity contribution in [3.63, 3.8) is 0 Å². The van der Waals surface area contributed by atoms with E-state index in [9.17, 15) is 4.79 Å². The molecule has 0 aliphatic carbocycles. The van der Waals surface area contributed by atoms with E-state index >= 15 is 0 Å². The van der Waals surface area contributed by atoms with Crippen molar-refractivity contribution < 1.29 is 4.79 Å². The highest BCUT2D eigenvalue weighted by atomic mass is 35.5. The van der Waals surface area contributed by atoms with Crippen LogP contribution in [0.1, 0.15) is 5.56 Å². The van der Waals surface area contributed by atoms with Crippen molar-refractivity contribution in [2.45, 2.75) is 6.54 Å². The van der Waals surface area contributed by atoms with Crippen molar-refractivity contribution in [2.24, 2.45) is 0 Å². The summed E-state index contributed by atoms with van der Waals surface area (Å²) in [6, 6.07) is 11.8. The van der Waals surface area contributed by atoms with E-state index in [1.165, 1.54) is 0 Å². The van der Waals surface area contributed by atoms with E-state index in [4.69, 9.17) is 28.9 Å². The number of carbonyl (C=O) groups is 1. The van der Waals surface area contributed by atoms with Crippen molar-refractivity contribution >= 4 is 40.6 Å². The number of rotatable bonds is 3. The number of halogens is 2. The van der Waals surface area contributed by atoms with Gasteiger partial charge >= 0.3 is 6.03 Å². The molecule has 0 aromatic heterocycles. The Kier molecular flexibility index (Phi) is 4.71. The van der Waals surface area contributed by atoms with Crippen molar-refractivity contribution in [1.82, 2.24) is 5.32 Å². The highest BCUT2D eigenvalue weighted by Crippen LogP contribution is 2.22. The van der Waals surface area contributed by atoms with Gasteiger partial charge in [-0.1, -0.05) is 35.3 Å². The molecule has 0 saturated heterocycles. The molecule has 104 valence electrons. The average molecular weight is 310 g/mol. The number of hydrogen-bond donors (Lipinski definition) is 3. The maximum absolute atomic E-state index is 11.8. The first-order valence-electron chi connectivity index (χ1n) is 5.89. The van der Waals surface area contributed by atoms with Gasteiger partial charge in [0.25, 0.3) is 0 Å². The van der Waals surface area contributed by atoms with E-state index in [1.807, 2.05) is 12.1 Å². The molecule has 0 bridgehead atoms. The topological polar surface area (TPSA) is 67.1 Å². The molecular weight excluding hydrogens is 297 g/mol. The fourth-order valence-electron chi connectivity index (χ4n) is 1.64. The molecule has 0 aliphatic rings. The third-order valence-corrected chi connectivity index (χ3v) is 3.07. The quantitative estimate of drug-likeness (QED) is 0.753. The smallest absolute Gasteiger partial charge is 0.319 e. The molecule has 0 aliphatic heterocycles. The van der Waals surface area contributed by atoms with Crippen LogP contribution in [0.5, 0.6) is 0 Å². The van der Waals surface area contributed by atoms with E-state index < -0.39 is 0 Å². The van der Waals surface area contributed by atoms with Crippen LogP contribution in [0, 0.1) is 0 Å². The van der Waals surface area contributed by atoms with E-state index in [2.05, 4.69) is 10.6 Å². The molecule has 0 fully saturated rings. The minimum Gasteiger partial charge on any atom is -0.397 e. The molecule has 2 amide bonds. The second-order valence-electron chi connectivity index (χ2n) is 4.17. The molecule has 0 saturated carbocycles. The standard InChI is InChI=1S/C14H13Cl2N3O/c15-10-3-1-2-9(6-10)8-18-14(20)19-13-5-4-11(16)7-12(13)17/h1-7H,8,17H2,(H2,18,19,20). The molecule has 0 unspecified atom stereocenters. The fourth-order valence-corrected chi connectivity index (χ4v) is 2.04. The van der Waals surface area contributed by atoms with Gasteiger partial charge in [-0.15, -0.1) is 0 Å². The highest BCUT2D eigenvalue weighted by Gasteiger charge is 2.05. The Morgan fingerprint density at radius 3 is 2.55 bits per heavy atom. The summed E-state index contributed by atoms with van der Waals surface area (Å²) < 4.78 is 0. The van der Waals surface area contributed by atoms with Crippen LogP contribution in [0.3, 0.4) is 0 Å². The number of nitrogens with two attached hydrogens (primary N) is 1. The maximum Gasteiger partial charge on any atom is 0.319 e. The van der Waals surface area contributed by atoms with Gasteiger partial charge < -0.3 is 16.4 Å². The van der Waals surface area contributed by atoms with Crippen LogP contribution in [0.2, 0.25) is 10.0 Å². The minimum absolute atomic E-state index is 0.348. The number of benzene rings is 2. The predicted octanol–water partition coefficient (Wildman–Crippen LogP) is 3.90. The van der Waals surface area contributed by atoms with E-state index in [0.29, 0.717) is 28.0 Å². The summed E-state index contributed by atoms with van der Waals surface area (Å²) in [7, 11) is 0. The number of nitrogen functional groups attached to an aromatic ring is 1. The maximum atomic E-state index is 11.8. The van der Waals surface area contributed by atoms with E-state index in [0.717, 1.165) is 5.56 Å². The zero-order valence-electron chi connectivity index (χ0n) is 10.5. The van der Waals surface area contributed by atoms with Crippen molar-refractivity contribution in [1.29, 1.82) is 0 Å². The zero-order valence-corrected chi connectivity index (χ0v) is 12.0. The molecule has 0 spiro atoms. The van der Waals surface area contributed by atoms with Gasteiger partial charge in [0.1, 0.15) is 0 Å². The normalized spacial score (nSPS) is 10.1. The van der Waals surface area contributed by atoms with Gasteiger partial charge in [-0.3, -0.25) is 0 Å². The number of nitrogens with one attached hydrogen (secondary N) is 2. The lowest BCUT2D eigenvalue weighted by molar-refractivity contribution is 0.252. The Balaban J connectivity index is 1.92. The van der Waals surface area contributed by atoms with Crippen LogP contribution < -0.4 is 16.4 Å². The third kappa shape index (κ3) is 4.05. The molecule has 2 aromatic carbocycles. The van der Waals surface area contributed by atoms with Crippen molar-refractivity contribution in [2.75, 3.05) is 11.1 Å². The number of carbonyl (C=O) groups excluding carboxylic acids is 1. The van der Waals surface area contributed by atoms with Crippen LogP contribution in [-0.4, -0.2) is 6.03 Å². The Bertz CT molecular complexity index is 632. The number of amides is 2. The van der Waals surface area contributed by atoms with Crippen molar-refractivity contribution in [3.05, 3.63) is 58.1 Å². The lowest BCUT2D eigenvalue weighted by Gasteiger charge is -2.10. The first-order valence-corrected chi connectivity index (χ1v) is 6.64. The SMILES string of the molecule is Nc1cc(Cl)ccc1NC(=O)NCc1cccc(Cl)c1. The van der Waals surface area contributed by atoms with Crippen LogP contribution in [0.15, 0.2) is 42.5 Å². The molecule has 4 nitrogen and oxygen atoms in total. The van der Waals surface area contributed by atoms with Gasteiger partial charge in [0, 0.05) is 16.6 Å². The molecule has 0 radical (unpaired) electrons. The largest absolute Gasteiger partial charge is 0.397 e. The lowest BCUT2D eigenvalue weighted by atomic mass is 10.2. The summed E-state index contributed by atoms with van der Waals surface area (Å²) in [4.78, 5) is 11.8. The van der Waals surface area contributed by atoms with E-state index in [1.54, 1.807) is 30.3 Å². The Hall–Kier alpha value is -1.91. The van der Waals surface area contributed by atoms with Crippen LogP contribution in [0.25, 0.3) is 0 Å². The highest BCUT2D eigenvalue weighted by molar-refractivity contribution is 6.31.